The van der Waals surface area contributed by atoms with Gasteiger partial charge in [0.15, 0.2) is 0 Å². The Kier molecular flexibility index (Phi) is 4.99. The van der Waals surface area contributed by atoms with Crippen LogP contribution in [0.3, 0.4) is 0 Å². The summed E-state index contributed by atoms with van der Waals surface area (Å²) in [5.74, 6) is 0.0698. The molecule has 1 amide bonds. The SMILES string of the molecule is Cc1ccc(NC(=O)CCCCN)c(C)c1. The smallest absolute Gasteiger partial charge is 0.224 e. The van der Waals surface area contributed by atoms with E-state index in [0.717, 1.165) is 24.1 Å². The van der Waals surface area contributed by atoms with Crippen LogP contribution in [0.15, 0.2) is 18.2 Å². The molecule has 0 saturated heterocycles. The Hall–Kier alpha value is -1.35. The molecule has 1 aromatic rings. The quantitative estimate of drug-likeness (QED) is 0.748. The fourth-order valence-corrected chi connectivity index (χ4v) is 1.60. The number of benzene rings is 1. The Morgan fingerprint density at radius 2 is 2.06 bits per heavy atom. The summed E-state index contributed by atoms with van der Waals surface area (Å²) in [6.07, 6.45) is 2.30. The van der Waals surface area contributed by atoms with Gasteiger partial charge < -0.3 is 11.1 Å². The maximum Gasteiger partial charge on any atom is 0.224 e. The van der Waals surface area contributed by atoms with Crippen LogP contribution < -0.4 is 11.1 Å². The van der Waals surface area contributed by atoms with Gasteiger partial charge in [0.05, 0.1) is 0 Å². The number of carbonyl (C=O) groups is 1. The molecule has 0 heterocycles. The first-order chi connectivity index (χ1) is 7.63. The van der Waals surface area contributed by atoms with Crippen LogP contribution >= 0.6 is 0 Å². The largest absolute Gasteiger partial charge is 0.330 e. The van der Waals surface area contributed by atoms with Crippen molar-refractivity contribution in [2.75, 3.05) is 11.9 Å². The molecule has 88 valence electrons. The van der Waals surface area contributed by atoms with Gasteiger partial charge in [-0.25, -0.2) is 0 Å². The summed E-state index contributed by atoms with van der Waals surface area (Å²) >= 11 is 0. The standard InChI is InChI=1S/C13H20N2O/c1-10-6-7-12(11(2)9-10)15-13(16)5-3-4-8-14/h6-7,9H,3-5,8,14H2,1-2H3,(H,15,16). The minimum atomic E-state index is 0.0698. The lowest BCUT2D eigenvalue weighted by Gasteiger charge is -2.08. The first-order valence-corrected chi connectivity index (χ1v) is 5.70. The number of hydrogen-bond acceptors (Lipinski definition) is 2. The highest BCUT2D eigenvalue weighted by atomic mass is 16.1. The maximum atomic E-state index is 11.6. The van der Waals surface area contributed by atoms with E-state index < -0.39 is 0 Å². The first-order valence-electron chi connectivity index (χ1n) is 5.70. The van der Waals surface area contributed by atoms with Gasteiger partial charge in [-0.05, 0) is 44.9 Å². The van der Waals surface area contributed by atoms with Crippen LogP contribution in [0.5, 0.6) is 0 Å². The lowest BCUT2D eigenvalue weighted by molar-refractivity contribution is -0.116. The normalized spacial score (nSPS) is 10.2. The van der Waals surface area contributed by atoms with E-state index in [4.69, 9.17) is 5.73 Å². The molecule has 3 N–H and O–H groups in total. The molecule has 0 radical (unpaired) electrons. The third-order valence-corrected chi connectivity index (χ3v) is 2.51. The number of rotatable bonds is 5. The molecule has 0 aliphatic rings. The number of aryl methyl sites for hydroxylation is 2. The molecule has 0 fully saturated rings. The summed E-state index contributed by atoms with van der Waals surface area (Å²) < 4.78 is 0. The van der Waals surface area contributed by atoms with E-state index >= 15 is 0 Å². The monoisotopic (exact) mass is 220 g/mol. The number of carbonyl (C=O) groups excluding carboxylic acids is 1. The van der Waals surface area contributed by atoms with Crippen LogP contribution in [0.25, 0.3) is 0 Å². The molecule has 1 aromatic carbocycles. The number of nitrogens with one attached hydrogen (secondary N) is 1. The zero-order chi connectivity index (χ0) is 12.0. The van der Waals surface area contributed by atoms with Crippen LogP contribution in [0, 0.1) is 13.8 Å². The highest BCUT2D eigenvalue weighted by molar-refractivity contribution is 5.91. The van der Waals surface area contributed by atoms with Gasteiger partial charge in [-0.3, -0.25) is 4.79 Å². The van der Waals surface area contributed by atoms with Gasteiger partial charge in [-0.1, -0.05) is 17.7 Å². The predicted octanol–water partition coefficient (Wildman–Crippen LogP) is 2.37. The predicted molar refractivity (Wildman–Crippen MR) is 67.5 cm³/mol. The highest BCUT2D eigenvalue weighted by Gasteiger charge is 2.04. The van der Waals surface area contributed by atoms with Crippen LogP contribution in [-0.2, 0) is 4.79 Å². The van der Waals surface area contributed by atoms with Crippen molar-refractivity contribution in [1.82, 2.24) is 0 Å². The second-order valence-electron chi connectivity index (χ2n) is 4.11. The molecule has 1 rings (SSSR count). The molecule has 16 heavy (non-hydrogen) atoms. The van der Waals surface area contributed by atoms with Gasteiger partial charge in [-0.2, -0.15) is 0 Å². The summed E-state index contributed by atoms with van der Waals surface area (Å²) in [6.45, 7) is 4.69. The number of amides is 1. The third kappa shape index (κ3) is 4.03. The van der Waals surface area contributed by atoms with Crippen molar-refractivity contribution in [2.24, 2.45) is 5.73 Å². The van der Waals surface area contributed by atoms with Crippen LogP contribution in [0.2, 0.25) is 0 Å². The second-order valence-corrected chi connectivity index (χ2v) is 4.11. The van der Waals surface area contributed by atoms with Crippen LogP contribution in [0.1, 0.15) is 30.4 Å². The Morgan fingerprint density at radius 3 is 2.69 bits per heavy atom. The zero-order valence-corrected chi connectivity index (χ0v) is 10.0. The van der Waals surface area contributed by atoms with Crippen molar-refractivity contribution in [2.45, 2.75) is 33.1 Å². The Morgan fingerprint density at radius 1 is 1.31 bits per heavy atom. The van der Waals surface area contributed by atoms with Crippen molar-refractivity contribution in [1.29, 1.82) is 0 Å². The van der Waals surface area contributed by atoms with Crippen molar-refractivity contribution in [3.8, 4) is 0 Å². The van der Waals surface area contributed by atoms with Crippen molar-refractivity contribution < 1.29 is 4.79 Å². The van der Waals surface area contributed by atoms with E-state index in [-0.39, 0.29) is 5.91 Å². The van der Waals surface area contributed by atoms with E-state index in [9.17, 15) is 4.79 Å². The zero-order valence-electron chi connectivity index (χ0n) is 10.0. The van der Waals surface area contributed by atoms with E-state index in [1.165, 1.54) is 5.56 Å². The third-order valence-electron chi connectivity index (χ3n) is 2.51. The summed E-state index contributed by atoms with van der Waals surface area (Å²) in [4.78, 5) is 11.6. The molecular formula is C13H20N2O. The lowest BCUT2D eigenvalue weighted by atomic mass is 10.1. The number of nitrogens with two attached hydrogens (primary N) is 1. The fourth-order valence-electron chi connectivity index (χ4n) is 1.60. The van der Waals surface area contributed by atoms with Gasteiger partial charge in [0.2, 0.25) is 5.91 Å². The maximum absolute atomic E-state index is 11.6. The molecule has 0 atom stereocenters. The number of anilines is 1. The van der Waals surface area contributed by atoms with Crippen molar-refractivity contribution in [3.63, 3.8) is 0 Å². The molecule has 0 saturated carbocycles. The van der Waals surface area contributed by atoms with E-state index in [1.807, 2.05) is 26.0 Å². The minimum Gasteiger partial charge on any atom is -0.330 e. The molecule has 0 aliphatic heterocycles. The van der Waals surface area contributed by atoms with Gasteiger partial charge in [0.1, 0.15) is 0 Å². The summed E-state index contributed by atoms with van der Waals surface area (Å²) in [7, 11) is 0. The number of hydrogen-bond donors (Lipinski definition) is 2. The molecular weight excluding hydrogens is 200 g/mol. The lowest BCUT2D eigenvalue weighted by Crippen LogP contribution is -2.12. The van der Waals surface area contributed by atoms with E-state index in [0.29, 0.717) is 13.0 Å². The summed E-state index contributed by atoms with van der Waals surface area (Å²) in [5.41, 5.74) is 8.59. The van der Waals surface area contributed by atoms with Crippen molar-refractivity contribution in [3.05, 3.63) is 29.3 Å². The molecule has 0 unspecified atom stereocenters. The van der Waals surface area contributed by atoms with Gasteiger partial charge >= 0.3 is 0 Å². The molecule has 3 nitrogen and oxygen atoms in total. The Balaban J connectivity index is 2.49. The summed E-state index contributed by atoms with van der Waals surface area (Å²) in [6, 6.07) is 6.02. The van der Waals surface area contributed by atoms with Gasteiger partial charge in [0, 0.05) is 12.1 Å². The topological polar surface area (TPSA) is 55.1 Å². The van der Waals surface area contributed by atoms with Gasteiger partial charge in [0.25, 0.3) is 0 Å². The molecule has 0 aromatic heterocycles. The average Bonchev–Trinajstić information content (AvgIpc) is 2.23. The van der Waals surface area contributed by atoms with Crippen LogP contribution in [0.4, 0.5) is 5.69 Å². The average molecular weight is 220 g/mol. The minimum absolute atomic E-state index is 0.0698. The second kappa shape index (κ2) is 6.28. The highest BCUT2D eigenvalue weighted by Crippen LogP contribution is 2.16. The Labute approximate surface area is 97.0 Å². The first kappa shape index (κ1) is 12.7. The molecule has 3 heteroatoms. The fraction of sp³-hybridized carbons (Fsp3) is 0.462. The molecule has 0 aliphatic carbocycles. The molecule has 0 bridgehead atoms. The number of unbranched alkanes of at least 4 members (excludes halogenated alkanes) is 1. The van der Waals surface area contributed by atoms with Gasteiger partial charge in [-0.15, -0.1) is 0 Å². The van der Waals surface area contributed by atoms with Crippen LogP contribution in [-0.4, -0.2) is 12.5 Å². The Bertz CT molecular complexity index is 361. The van der Waals surface area contributed by atoms with E-state index in [1.54, 1.807) is 0 Å². The van der Waals surface area contributed by atoms with Crippen molar-refractivity contribution >= 4 is 11.6 Å². The van der Waals surface area contributed by atoms with E-state index in [2.05, 4.69) is 11.4 Å². The summed E-state index contributed by atoms with van der Waals surface area (Å²) in [5, 5.41) is 2.92. The molecule has 0 spiro atoms.